The number of benzene rings is 1. The van der Waals surface area contributed by atoms with E-state index >= 15 is 0 Å². The fourth-order valence-corrected chi connectivity index (χ4v) is 2.97. The Morgan fingerprint density at radius 2 is 1.90 bits per heavy atom. The SMILES string of the molecule is CC(C)NCc1c(Cl)cccc1Sc1nc(N)cc(N)n1. The van der Waals surface area contributed by atoms with Crippen LogP contribution in [-0.2, 0) is 6.54 Å². The van der Waals surface area contributed by atoms with E-state index in [1.54, 1.807) is 0 Å². The van der Waals surface area contributed by atoms with Crippen molar-refractivity contribution in [1.82, 2.24) is 15.3 Å². The van der Waals surface area contributed by atoms with E-state index in [1.165, 1.54) is 17.8 Å². The average molecular weight is 324 g/mol. The minimum atomic E-state index is 0.355. The monoisotopic (exact) mass is 323 g/mol. The average Bonchev–Trinajstić information content (AvgIpc) is 2.36. The van der Waals surface area contributed by atoms with Crippen molar-refractivity contribution >= 4 is 35.0 Å². The van der Waals surface area contributed by atoms with Gasteiger partial charge in [-0.3, -0.25) is 0 Å². The Kier molecular flexibility index (Phi) is 5.27. The van der Waals surface area contributed by atoms with Crippen LogP contribution in [-0.4, -0.2) is 16.0 Å². The molecule has 0 spiro atoms. The summed E-state index contributed by atoms with van der Waals surface area (Å²) in [6.45, 7) is 4.86. The minimum absolute atomic E-state index is 0.355. The van der Waals surface area contributed by atoms with E-state index in [4.69, 9.17) is 23.1 Å². The highest BCUT2D eigenvalue weighted by molar-refractivity contribution is 7.99. The van der Waals surface area contributed by atoms with E-state index in [9.17, 15) is 0 Å². The lowest BCUT2D eigenvalue weighted by atomic mass is 10.2. The maximum absolute atomic E-state index is 6.30. The second kappa shape index (κ2) is 6.98. The molecule has 0 amide bonds. The first-order valence-electron chi connectivity index (χ1n) is 6.54. The third kappa shape index (κ3) is 4.49. The fraction of sp³-hybridized carbons (Fsp3) is 0.286. The summed E-state index contributed by atoms with van der Waals surface area (Å²) >= 11 is 7.70. The largest absolute Gasteiger partial charge is 0.383 e. The van der Waals surface area contributed by atoms with Crippen LogP contribution in [0.5, 0.6) is 0 Å². The van der Waals surface area contributed by atoms with Crippen LogP contribution in [0.25, 0.3) is 0 Å². The molecule has 0 unspecified atom stereocenters. The lowest BCUT2D eigenvalue weighted by molar-refractivity contribution is 0.585. The number of nitrogen functional groups attached to an aromatic ring is 2. The van der Waals surface area contributed by atoms with Gasteiger partial charge < -0.3 is 16.8 Å². The van der Waals surface area contributed by atoms with Crippen molar-refractivity contribution in [2.75, 3.05) is 11.5 Å². The van der Waals surface area contributed by atoms with Crippen molar-refractivity contribution in [3.8, 4) is 0 Å². The third-order valence-corrected chi connectivity index (χ3v) is 4.03. The molecule has 112 valence electrons. The molecule has 5 nitrogen and oxygen atoms in total. The predicted molar refractivity (Wildman–Crippen MR) is 88.4 cm³/mol. The quantitative estimate of drug-likeness (QED) is 0.733. The Labute approximate surface area is 133 Å². The highest BCUT2D eigenvalue weighted by Crippen LogP contribution is 2.32. The zero-order valence-corrected chi connectivity index (χ0v) is 13.5. The summed E-state index contributed by atoms with van der Waals surface area (Å²) in [6.07, 6.45) is 0. The Morgan fingerprint density at radius 1 is 1.24 bits per heavy atom. The molecule has 1 heterocycles. The summed E-state index contributed by atoms with van der Waals surface area (Å²) in [5.74, 6) is 0.711. The number of rotatable bonds is 5. The normalized spacial score (nSPS) is 11.0. The number of halogens is 1. The standard InChI is InChI=1S/C14H18ClN5S/c1-8(2)18-7-9-10(15)4-3-5-11(9)21-14-19-12(16)6-13(17)20-14/h3-6,8,18H,7H2,1-2H3,(H4,16,17,19,20). The number of nitrogens with one attached hydrogen (secondary N) is 1. The lowest BCUT2D eigenvalue weighted by Gasteiger charge is -2.13. The highest BCUT2D eigenvalue weighted by Gasteiger charge is 2.11. The molecule has 0 aliphatic heterocycles. The molecule has 7 heteroatoms. The molecule has 1 aromatic carbocycles. The molecule has 0 aliphatic carbocycles. The molecule has 5 N–H and O–H groups in total. The van der Waals surface area contributed by atoms with Crippen molar-refractivity contribution < 1.29 is 0 Å². The van der Waals surface area contributed by atoms with Crippen LogP contribution in [0, 0.1) is 0 Å². The molecule has 0 radical (unpaired) electrons. The Morgan fingerprint density at radius 3 is 2.52 bits per heavy atom. The summed E-state index contributed by atoms with van der Waals surface area (Å²) in [5, 5.41) is 4.59. The van der Waals surface area contributed by atoms with E-state index in [1.807, 2.05) is 18.2 Å². The number of nitrogens with zero attached hydrogens (tertiary/aromatic N) is 2. The van der Waals surface area contributed by atoms with Crippen molar-refractivity contribution in [3.63, 3.8) is 0 Å². The zero-order chi connectivity index (χ0) is 15.4. The first kappa shape index (κ1) is 15.9. The molecular formula is C14H18ClN5S. The molecule has 0 saturated carbocycles. The van der Waals surface area contributed by atoms with Crippen LogP contribution in [0.1, 0.15) is 19.4 Å². The van der Waals surface area contributed by atoms with Crippen LogP contribution >= 0.6 is 23.4 Å². The van der Waals surface area contributed by atoms with Gasteiger partial charge in [0.25, 0.3) is 0 Å². The van der Waals surface area contributed by atoms with Crippen molar-refractivity contribution in [2.24, 2.45) is 0 Å². The maximum Gasteiger partial charge on any atom is 0.196 e. The molecule has 0 bridgehead atoms. The molecule has 2 rings (SSSR count). The van der Waals surface area contributed by atoms with Gasteiger partial charge in [-0.05, 0) is 29.5 Å². The molecular weight excluding hydrogens is 306 g/mol. The number of hydrogen-bond acceptors (Lipinski definition) is 6. The van der Waals surface area contributed by atoms with E-state index in [2.05, 4.69) is 29.1 Å². The summed E-state index contributed by atoms with van der Waals surface area (Å²) in [5.41, 5.74) is 12.4. The van der Waals surface area contributed by atoms with Crippen molar-refractivity contribution in [3.05, 3.63) is 34.9 Å². The molecule has 2 aromatic rings. The van der Waals surface area contributed by atoms with Crippen LogP contribution in [0.3, 0.4) is 0 Å². The van der Waals surface area contributed by atoms with Crippen molar-refractivity contribution in [1.29, 1.82) is 0 Å². The van der Waals surface area contributed by atoms with Crippen LogP contribution in [0.4, 0.5) is 11.6 Å². The molecule has 0 fully saturated rings. The van der Waals surface area contributed by atoms with Gasteiger partial charge in [0.15, 0.2) is 5.16 Å². The molecule has 0 aliphatic rings. The first-order valence-corrected chi connectivity index (χ1v) is 7.74. The molecule has 0 saturated heterocycles. The second-order valence-corrected chi connectivity index (χ2v) is 6.27. The number of anilines is 2. The first-order chi connectivity index (χ1) is 9.95. The van der Waals surface area contributed by atoms with Gasteiger partial charge in [0.1, 0.15) is 11.6 Å². The number of hydrogen-bond donors (Lipinski definition) is 3. The van der Waals surface area contributed by atoms with E-state index < -0.39 is 0 Å². The Hall–Kier alpha value is -1.50. The van der Waals surface area contributed by atoms with E-state index in [0.29, 0.717) is 34.4 Å². The van der Waals surface area contributed by atoms with Crippen molar-refractivity contribution in [2.45, 2.75) is 36.5 Å². The summed E-state index contributed by atoms with van der Waals surface area (Å²) in [4.78, 5) is 9.35. The highest BCUT2D eigenvalue weighted by atomic mass is 35.5. The number of aromatic nitrogens is 2. The molecule has 1 aromatic heterocycles. The van der Waals surface area contributed by atoms with Crippen LogP contribution < -0.4 is 16.8 Å². The van der Waals surface area contributed by atoms with Gasteiger partial charge in [0, 0.05) is 28.6 Å². The summed E-state index contributed by atoms with van der Waals surface area (Å²) < 4.78 is 0. The van der Waals surface area contributed by atoms with Gasteiger partial charge in [0.2, 0.25) is 0 Å². The maximum atomic E-state index is 6.30. The summed E-state index contributed by atoms with van der Waals surface area (Å²) in [6, 6.07) is 7.66. The van der Waals surface area contributed by atoms with Gasteiger partial charge in [-0.2, -0.15) is 0 Å². The van der Waals surface area contributed by atoms with E-state index in [-0.39, 0.29) is 0 Å². The van der Waals surface area contributed by atoms with E-state index in [0.717, 1.165) is 10.5 Å². The lowest BCUT2D eigenvalue weighted by Crippen LogP contribution is -2.22. The predicted octanol–water partition coefficient (Wildman–Crippen LogP) is 2.94. The minimum Gasteiger partial charge on any atom is -0.383 e. The summed E-state index contributed by atoms with van der Waals surface area (Å²) in [7, 11) is 0. The Balaban J connectivity index is 2.28. The molecule has 21 heavy (non-hydrogen) atoms. The topological polar surface area (TPSA) is 89.8 Å². The van der Waals surface area contributed by atoms with Gasteiger partial charge in [-0.15, -0.1) is 0 Å². The number of nitrogens with two attached hydrogens (primary N) is 2. The van der Waals surface area contributed by atoms with Gasteiger partial charge in [0.05, 0.1) is 0 Å². The Bertz CT molecular complexity index is 613. The van der Waals surface area contributed by atoms with Crippen LogP contribution in [0.15, 0.2) is 34.3 Å². The van der Waals surface area contributed by atoms with Gasteiger partial charge in [-0.1, -0.05) is 31.5 Å². The van der Waals surface area contributed by atoms with Crippen LogP contribution in [0.2, 0.25) is 5.02 Å². The molecule has 0 atom stereocenters. The smallest absolute Gasteiger partial charge is 0.196 e. The van der Waals surface area contributed by atoms with Gasteiger partial charge >= 0.3 is 0 Å². The van der Waals surface area contributed by atoms with Gasteiger partial charge in [-0.25, -0.2) is 9.97 Å². The fourth-order valence-electron chi connectivity index (χ4n) is 1.72. The second-order valence-electron chi connectivity index (χ2n) is 4.85. The third-order valence-electron chi connectivity index (χ3n) is 2.71. The zero-order valence-electron chi connectivity index (χ0n) is 11.9.